The van der Waals surface area contributed by atoms with Gasteiger partial charge in [-0.1, -0.05) is 13.8 Å². The number of carbonyl (C=O) groups excluding carboxylic acids is 1. The van der Waals surface area contributed by atoms with Gasteiger partial charge in [0.05, 0.1) is 19.4 Å². The van der Waals surface area contributed by atoms with Gasteiger partial charge in [-0.15, -0.1) is 0 Å². The molecule has 1 atom stereocenters. The summed E-state index contributed by atoms with van der Waals surface area (Å²) in [5.41, 5.74) is -1.89. The molecule has 0 saturated carbocycles. The lowest BCUT2D eigenvalue weighted by atomic mass is 10.0. The third kappa shape index (κ3) is 3.12. The second-order valence-corrected chi connectivity index (χ2v) is 7.61. The van der Waals surface area contributed by atoms with Crippen LogP contribution in [0.1, 0.15) is 36.6 Å². The average Bonchev–Trinajstić information content (AvgIpc) is 3.30. The first kappa shape index (κ1) is 17.7. The van der Waals surface area contributed by atoms with Gasteiger partial charge in [-0.25, -0.2) is 4.68 Å². The van der Waals surface area contributed by atoms with E-state index in [1.54, 1.807) is 17.0 Å². The number of carbonyl (C=O) groups is 1. The van der Waals surface area contributed by atoms with Crippen molar-refractivity contribution in [2.45, 2.75) is 45.6 Å². The molecule has 0 bridgehead atoms. The van der Waals surface area contributed by atoms with E-state index in [2.05, 4.69) is 5.10 Å². The molecule has 2 aromatic heterocycles. The van der Waals surface area contributed by atoms with Gasteiger partial charge in [0.2, 0.25) is 0 Å². The molecule has 9 nitrogen and oxygen atoms in total. The Morgan fingerprint density at radius 1 is 1.30 bits per heavy atom. The molecule has 1 fully saturated rings. The zero-order chi connectivity index (χ0) is 19.2. The minimum absolute atomic E-state index is 0.135. The van der Waals surface area contributed by atoms with Crippen molar-refractivity contribution in [3.8, 4) is 0 Å². The van der Waals surface area contributed by atoms with Crippen LogP contribution in [0.4, 0.5) is 0 Å². The Morgan fingerprint density at radius 3 is 2.81 bits per heavy atom. The van der Waals surface area contributed by atoms with Crippen molar-refractivity contribution < 1.29 is 13.9 Å². The predicted molar refractivity (Wildman–Crippen MR) is 94.3 cm³/mol. The Morgan fingerprint density at radius 2 is 2.11 bits per heavy atom. The van der Waals surface area contributed by atoms with E-state index >= 15 is 0 Å². The molecular weight excluding hydrogens is 352 g/mol. The van der Waals surface area contributed by atoms with Crippen LogP contribution in [0.5, 0.6) is 0 Å². The summed E-state index contributed by atoms with van der Waals surface area (Å²) in [6.07, 6.45) is 2.04. The van der Waals surface area contributed by atoms with Gasteiger partial charge in [0, 0.05) is 13.1 Å². The molecule has 0 aromatic carbocycles. The van der Waals surface area contributed by atoms with Crippen LogP contribution in [0.25, 0.3) is 0 Å². The molecule has 144 valence electrons. The van der Waals surface area contributed by atoms with Crippen molar-refractivity contribution >= 4 is 5.91 Å². The van der Waals surface area contributed by atoms with Gasteiger partial charge in [-0.05, 0) is 24.5 Å². The zero-order valence-corrected chi connectivity index (χ0v) is 15.4. The van der Waals surface area contributed by atoms with Crippen LogP contribution in [0.15, 0.2) is 32.4 Å². The third-order valence-corrected chi connectivity index (χ3v) is 5.04. The van der Waals surface area contributed by atoms with E-state index in [1.165, 1.54) is 15.5 Å². The van der Waals surface area contributed by atoms with Gasteiger partial charge in [0.15, 0.2) is 11.6 Å². The van der Waals surface area contributed by atoms with Crippen molar-refractivity contribution in [3.05, 3.63) is 50.7 Å². The fourth-order valence-corrected chi connectivity index (χ4v) is 3.69. The number of likely N-dealkylation sites (tertiary alicyclic amines) is 1. The van der Waals surface area contributed by atoms with Gasteiger partial charge >= 0.3 is 11.1 Å². The highest BCUT2D eigenvalue weighted by atomic mass is 16.5. The molecular formula is C18H22N4O5. The summed E-state index contributed by atoms with van der Waals surface area (Å²) in [5, 5.41) is 4.31. The van der Waals surface area contributed by atoms with Gasteiger partial charge in [0.1, 0.15) is 12.2 Å². The maximum absolute atomic E-state index is 12.6. The van der Waals surface area contributed by atoms with E-state index in [4.69, 9.17) is 9.15 Å². The summed E-state index contributed by atoms with van der Waals surface area (Å²) in [6.45, 7) is 5.50. The lowest BCUT2D eigenvalue weighted by Gasteiger charge is -2.35. The molecule has 2 aliphatic heterocycles. The van der Waals surface area contributed by atoms with Gasteiger partial charge < -0.3 is 14.1 Å². The molecule has 0 N–H and O–H groups in total. The van der Waals surface area contributed by atoms with Gasteiger partial charge in [-0.2, -0.15) is 5.10 Å². The Kier molecular flexibility index (Phi) is 4.26. The molecule has 0 unspecified atom stereocenters. The van der Waals surface area contributed by atoms with Crippen LogP contribution in [-0.4, -0.2) is 43.8 Å². The molecule has 4 rings (SSSR count). The number of furan rings is 1. The highest BCUT2D eigenvalue weighted by Crippen LogP contribution is 2.31. The first-order valence-electron chi connectivity index (χ1n) is 9.06. The summed E-state index contributed by atoms with van der Waals surface area (Å²) in [7, 11) is 0. The van der Waals surface area contributed by atoms with E-state index in [1.807, 2.05) is 13.8 Å². The quantitative estimate of drug-likeness (QED) is 0.724. The van der Waals surface area contributed by atoms with Crippen molar-refractivity contribution in [1.29, 1.82) is 0 Å². The normalized spacial score (nSPS) is 21.8. The monoisotopic (exact) mass is 374 g/mol. The fraction of sp³-hybridized carbons (Fsp3) is 0.556. The van der Waals surface area contributed by atoms with E-state index in [9.17, 15) is 14.4 Å². The van der Waals surface area contributed by atoms with E-state index < -0.39 is 16.7 Å². The van der Waals surface area contributed by atoms with Crippen LogP contribution >= 0.6 is 0 Å². The summed E-state index contributed by atoms with van der Waals surface area (Å²) in [4.78, 5) is 39.1. The number of fused-ring (bicyclic) bond motifs is 1. The van der Waals surface area contributed by atoms with Gasteiger partial charge in [-0.3, -0.25) is 19.0 Å². The Labute approximate surface area is 155 Å². The molecule has 27 heavy (non-hydrogen) atoms. The summed E-state index contributed by atoms with van der Waals surface area (Å²) in [5.74, 6) is 0.717. The van der Waals surface area contributed by atoms with Crippen LogP contribution in [0, 0.1) is 5.92 Å². The Bertz CT molecular complexity index is 975. The number of aromatic nitrogens is 3. The van der Waals surface area contributed by atoms with E-state index in [-0.39, 0.29) is 30.7 Å². The Hall–Kier alpha value is -2.68. The van der Waals surface area contributed by atoms with Crippen molar-refractivity contribution in [1.82, 2.24) is 19.2 Å². The van der Waals surface area contributed by atoms with E-state index in [0.29, 0.717) is 31.9 Å². The second kappa shape index (κ2) is 6.49. The molecule has 4 heterocycles. The molecule has 2 aromatic rings. The molecule has 2 aliphatic rings. The first-order chi connectivity index (χ1) is 12.9. The molecule has 1 amide bonds. The second-order valence-electron chi connectivity index (χ2n) is 7.61. The molecule has 9 heteroatoms. The number of nitrogens with zero attached hydrogens (tertiary/aromatic N) is 4. The first-order valence-corrected chi connectivity index (χ1v) is 9.06. The van der Waals surface area contributed by atoms with Crippen molar-refractivity contribution in [2.75, 3.05) is 13.1 Å². The topological polar surface area (TPSA) is 99.6 Å². The highest BCUT2D eigenvalue weighted by molar-refractivity contribution is 5.91. The third-order valence-electron chi connectivity index (χ3n) is 5.04. The molecule has 1 spiro atoms. The zero-order valence-electron chi connectivity index (χ0n) is 15.4. The average molecular weight is 374 g/mol. The summed E-state index contributed by atoms with van der Waals surface area (Å²) in [6, 6.07) is 3.29. The predicted octanol–water partition coefficient (Wildman–Crippen LogP) is 0.469. The number of rotatable bonds is 3. The van der Waals surface area contributed by atoms with E-state index in [0.717, 1.165) is 0 Å². The maximum atomic E-state index is 12.6. The molecule has 0 aliphatic carbocycles. The fourth-order valence-electron chi connectivity index (χ4n) is 3.69. The Balaban J connectivity index is 1.58. The standard InChI is InChI=1S/C18H22N4O5/c1-12(2)8-22-17(25)16(24)21-11-18(27-9-14(21)19-22)5-6-20(10-18)15(23)13-4-3-7-26-13/h3-4,7,12H,5-6,8-11H2,1-2H3/t18-/m1/s1. The van der Waals surface area contributed by atoms with Crippen LogP contribution in [0.2, 0.25) is 0 Å². The number of amides is 1. The minimum Gasteiger partial charge on any atom is -0.459 e. The summed E-state index contributed by atoms with van der Waals surface area (Å²) >= 11 is 0. The number of hydrogen-bond donors (Lipinski definition) is 0. The van der Waals surface area contributed by atoms with Crippen molar-refractivity contribution in [2.24, 2.45) is 5.92 Å². The minimum atomic E-state index is -0.683. The SMILES string of the molecule is CC(C)Cn1nc2n(c(=O)c1=O)C[C@]1(CCN(C(=O)c3ccco3)C1)OC2. The largest absolute Gasteiger partial charge is 0.459 e. The molecule has 1 saturated heterocycles. The smallest absolute Gasteiger partial charge is 0.332 e. The maximum Gasteiger partial charge on any atom is 0.332 e. The van der Waals surface area contributed by atoms with Crippen LogP contribution in [0.3, 0.4) is 0 Å². The lowest BCUT2D eigenvalue weighted by molar-refractivity contribution is -0.0844. The lowest BCUT2D eigenvalue weighted by Crippen LogP contribution is -2.53. The number of ether oxygens (including phenoxy) is 1. The van der Waals surface area contributed by atoms with Crippen LogP contribution in [-0.2, 0) is 24.4 Å². The highest BCUT2D eigenvalue weighted by Gasteiger charge is 2.45. The molecule has 0 radical (unpaired) electrons. The summed E-state index contributed by atoms with van der Waals surface area (Å²) < 4.78 is 13.9. The van der Waals surface area contributed by atoms with Crippen molar-refractivity contribution in [3.63, 3.8) is 0 Å². The van der Waals surface area contributed by atoms with Gasteiger partial charge in [0.25, 0.3) is 5.91 Å². The van der Waals surface area contributed by atoms with Crippen LogP contribution < -0.4 is 11.1 Å². The number of hydrogen-bond acceptors (Lipinski definition) is 6.